The van der Waals surface area contributed by atoms with Crippen molar-refractivity contribution in [2.24, 2.45) is 5.92 Å². The summed E-state index contributed by atoms with van der Waals surface area (Å²) in [6, 6.07) is 16.7. The smallest absolute Gasteiger partial charge is 0.465 e. The Hall–Kier alpha value is -5.28. The van der Waals surface area contributed by atoms with Crippen molar-refractivity contribution in [1.29, 1.82) is 0 Å². The number of hydrogen-bond donors (Lipinski definition) is 7. The maximum absolute atomic E-state index is 14.0. The fraction of sp³-hybridized carbons (Fsp3) is 0.463. The molecule has 2 aliphatic heterocycles. The number of benzene rings is 2. The van der Waals surface area contributed by atoms with E-state index in [-0.39, 0.29) is 43.6 Å². The number of carbonyl (C=O) groups is 2. The summed E-state index contributed by atoms with van der Waals surface area (Å²) in [6.07, 6.45) is 2.81. The van der Waals surface area contributed by atoms with Gasteiger partial charge in [-0.1, -0.05) is 80.3 Å². The van der Waals surface area contributed by atoms with Gasteiger partial charge >= 0.3 is 21.3 Å². The van der Waals surface area contributed by atoms with Gasteiger partial charge in [0.1, 0.15) is 18.1 Å². The number of nitrogen functional groups attached to an aromatic ring is 1. The fourth-order valence-electron chi connectivity index (χ4n) is 7.43. The number of phosphoric ester groups is 2. The van der Waals surface area contributed by atoms with E-state index in [2.05, 4.69) is 32.1 Å². The van der Waals surface area contributed by atoms with Crippen LogP contribution in [0.2, 0.25) is 0 Å². The number of ether oxygens (including phenoxy) is 1. The van der Waals surface area contributed by atoms with Gasteiger partial charge in [-0.05, 0) is 37.0 Å². The molecule has 8 N–H and O–H groups in total. The molecular weight excluding hydrogens is 890 g/mol. The molecule has 0 spiro atoms. The van der Waals surface area contributed by atoms with Crippen molar-refractivity contribution in [1.82, 2.24) is 29.9 Å². The Morgan fingerprint density at radius 3 is 2.48 bits per heavy atom. The van der Waals surface area contributed by atoms with Crippen molar-refractivity contribution < 1.29 is 61.9 Å². The number of para-hydroxylation sites is 1. The van der Waals surface area contributed by atoms with E-state index in [4.69, 9.17) is 29.3 Å². The van der Waals surface area contributed by atoms with E-state index in [9.17, 15) is 38.6 Å². The number of aliphatic hydroxyl groups excluding tert-OH is 2. The Kier molecular flexibility index (Phi) is 16.8. The average Bonchev–Trinajstić information content (AvgIpc) is 3.82. The topological polar surface area (TPSA) is 313 Å². The number of nitrogens with one attached hydrogen (secondary N) is 1. The van der Waals surface area contributed by atoms with Gasteiger partial charge in [-0.15, -0.1) is 5.10 Å². The Labute approximate surface area is 373 Å². The molecule has 0 radical (unpaired) electrons. The molecule has 2 aromatic carbocycles. The van der Waals surface area contributed by atoms with Gasteiger partial charge in [0.15, 0.2) is 17.6 Å². The van der Waals surface area contributed by atoms with Crippen molar-refractivity contribution in [2.75, 3.05) is 37.0 Å². The second kappa shape index (κ2) is 22.3. The Balaban J connectivity index is 0.989. The third-order valence-corrected chi connectivity index (χ3v) is 12.1. The molecular formula is C41H54N8O14P2. The predicted octanol–water partition coefficient (Wildman–Crippen LogP) is 3.90. The second-order valence-corrected chi connectivity index (χ2v) is 18.1. The summed E-state index contributed by atoms with van der Waals surface area (Å²) in [5.74, 6) is -2.81. The van der Waals surface area contributed by atoms with Crippen LogP contribution in [0.25, 0.3) is 22.5 Å². The van der Waals surface area contributed by atoms with Crippen LogP contribution in [0.5, 0.6) is 0 Å². The zero-order valence-electron chi connectivity index (χ0n) is 35.7. The highest BCUT2D eigenvalue weighted by molar-refractivity contribution is 7.47. The van der Waals surface area contributed by atoms with Crippen LogP contribution in [0.3, 0.4) is 0 Å². The summed E-state index contributed by atoms with van der Waals surface area (Å²) in [4.78, 5) is 73.4. The van der Waals surface area contributed by atoms with Crippen LogP contribution in [-0.2, 0) is 50.1 Å². The first-order valence-corrected chi connectivity index (χ1v) is 24.2. The lowest BCUT2D eigenvalue weighted by atomic mass is 9.95. The Morgan fingerprint density at radius 1 is 0.985 bits per heavy atom. The number of nitrogens with two attached hydrogens (primary N) is 1. The highest BCUT2D eigenvalue weighted by Crippen LogP contribution is 2.51. The standard InChI is InChI=1S/C41H54N8O14P2/c1-2-3-4-11-21-49-37-30-15-7-8-16-31(30)48(23-28-13-5-6-14-29(28)36(37)45-46-49)35(52)18-17-34(51)43-20-10-9-12-27(24-50)25-61-65(58,59)63-39-32(26-60-64(55,56)57)62-40(38(39)53)47-22-19-33(42)44-41(47)54/h5-8,13-16,19,22,27,38,40,50,53H,2-4,9-12,17-18,20-21,23-26H2,1H3,(H,43,51)(H,58,59)(H2,42,44,54)(H2,55,56,57)/t27?,38?,40-/m1/s1. The van der Waals surface area contributed by atoms with E-state index in [1.54, 1.807) is 4.90 Å². The summed E-state index contributed by atoms with van der Waals surface area (Å²) in [5.41, 5.74) is 9.46. The number of aryl methyl sites for hydroxylation is 1. The lowest BCUT2D eigenvalue weighted by Gasteiger charge is -2.28. The van der Waals surface area contributed by atoms with E-state index in [1.807, 2.05) is 53.2 Å². The van der Waals surface area contributed by atoms with E-state index >= 15 is 0 Å². The number of fused-ring (bicyclic) bond motifs is 5. The van der Waals surface area contributed by atoms with Crippen LogP contribution in [0.4, 0.5) is 11.5 Å². The van der Waals surface area contributed by atoms with Gasteiger partial charge in [-0.25, -0.2) is 18.6 Å². The van der Waals surface area contributed by atoms with Crippen LogP contribution in [0, 0.1) is 5.92 Å². The molecule has 22 nitrogen and oxygen atoms in total. The minimum absolute atomic E-state index is 0.0487. The zero-order valence-corrected chi connectivity index (χ0v) is 37.5. The van der Waals surface area contributed by atoms with Gasteiger partial charge in [0.05, 0.1) is 24.5 Å². The third kappa shape index (κ3) is 13.0. The van der Waals surface area contributed by atoms with Gasteiger partial charge in [-0.2, -0.15) is 4.98 Å². The minimum atomic E-state index is -5.11. The van der Waals surface area contributed by atoms with Gasteiger partial charge < -0.3 is 45.2 Å². The number of aliphatic hydroxyl groups is 2. The summed E-state index contributed by atoms with van der Waals surface area (Å²) < 4.78 is 47.0. The fourth-order valence-corrected chi connectivity index (χ4v) is 8.63. The van der Waals surface area contributed by atoms with Crippen LogP contribution in [0.15, 0.2) is 77.1 Å². The molecule has 4 aromatic rings. The van der Waals surface area contributed by atoms with Crippen molar-refractivity contribution in [3.05, 3.63) is 88.4 Å². The van der Waals surface area contributed by atoms with Crippen molar-refractivity contribution in [3.63, 3.8) is 0 Å². The molecule has 3 unspecified atom stereocenters. The normalized spacial score (nSPS) is 17.2. The summed E-state index contributed by atoms with van der Waals surface area (Å²) in [6.45, 7) is 1.39. The van der Waals surface area contributed by atoms with E-state index in [0.29, 0.717) is 31.5 Å². The summed E-state index contributed by atoms with van der Waals surface area (Å²) >= 11 is 0. The van der Waals surface area contributed by atoms with E-state index in [1.165, 1.54) is 6.07 Å². The van der Waals surface area contributed by atoms with Gasteiger partial charge in [0.2, 0.25) is 18.0 Å². The third-order valence-electron chi connectivity index (χ3n) is 10.7. The summed E-state index contributed by atoms with van der Waals surface area (Å²) in [7, 11) is -10.2. The number of aromatic nitrogens is 5. The predicted molar refractivity (Wildman–Crippen MR) is 234 cm³/mol. The minimum Gasteiger partial charge on any atom is -0.465 e. The molecule has 0 saturated heterocycles. The van der Waals surface area contributed by atoms with Crippen LogP contribution < -0.4 is 21.6 Å². The van der Waals surface area contributed by atoms with Crippen molar-refractivity contribution in [2.45, 2.75) is 90.1 Å². The molecule has 4 heterocycles. The SMILES string of the molecule is CCCCCCn1nnc2c1-c1ccccc1N(C(=O)CCC(=O)NCCCCC(CO)COP(=O)(O)OC1=C(COP(=O)(O)O)O[C@@H](n3ccc(N)nc3=O)C1O)Cc1ccccc1-2. The quantitative estimate of drug-likeness (QED) is 0.0410. The monoisotopic (exact) mass is 944 g/mol. The molecule has 0 saturated carbocycles. The number of amides is 2. The lowest BCUT2D eigenvalue weighted by Crippen LogP contribution is -2.33. The maximum atomic E-state index is 14.0. The highest BCUT2D eigenvalue weighted by Gasteiger charge is 2.43. The molecule has 2 aromatic heterocycles. The molecule has 352 valence electrons. The number of hydrogen-bond acceptors (Lipinski definition) is 15. The number of anilines is 2. The largest absolute Gasteiger partial charge is 0.527 e. The first-order valence-electron chi connectivity index (χ1n) is 21.2. The molecule has 0 fully saturated rings. The van der Waals surface area contributed by atoms with Crippen LogP contribution in [0.1, 0.15) is 76.5 Å². The highest BCUT2D eigenvalue weighted by atomic mass is 31.2. The summed E-state index contributed by atoms with van der Waals surface area (Å²) in [5, 5.41) is 32.8. The molecule has 4 atom stereocenters. The molecule has 65 heavy (non-hydrogen) atoms. The first kappa shape index (κ1) is 49.2. The average molecular weight is 945 g/mol. The Morgan fingerprint density at radius 2 is 1.74 bits per heavy atom. The number of rotatable bonds is 23. The van der Waals surface area contributed by atoms with Crippen molar-refractivity contribution in [3.8, 4) is 22.5 Å². The second-order valence-electron chi connectivity index (χ2n) is 15.5. The number of carbonyl (C=O) groups excluding carboxylic acids is 2. The number of unbranched alkanes of at least 4 members (excludes halogenated alkanes) is 4. The van der Waals surface area contributed by atoms with E-state index in [0.717, 1.165) is 64.5 Å². The molecule has 0 bridgehead atoms. The van der Waals surface area contributed by atoms with Crippen LogP contribution in [-0.4, -0.2) is 93.7 Å². The molecule has 6 rings (SSSR count). The molecule has 0 aliphatic carbocycles. The Bertz CT molecular complexity index is 2490. The van der Waals surface area contributed by atoms with Crippen molar-refractivity contribution >= 4 is 39.0 Å². The van der Waals surface area contributed by atoms with Crippen LogP contribution >= 0.6 is 15.6 Å². The first-order chi connectivity index (χ1) is 31.1. The van der Waals surface area contributed by atoms with E-state index < -0.39 is 70.9 Å². The maximum Gasteiger partial charge on any atom is 0.527 e. The number of nitrogens with zero attached hydrogens (tertiary/aromatic N) is 6. The van der Waals surface area contributed by atoms with Gasteiger partial charge in [-0.3, -0.25) is 28.1 Å². The molecule has 24 heteroatoms. The molecule has 2 amide bonds. The zero-order chi connectivity index (χ0) is 46.7. The lowest BCUT2D eigenvalue weighted by molar-refractivity contribution is -0.125. The van der Waals surface area contributed by atoms with Gasteiger partial charge in [0.25, 0.3) is 0 Å². The van der Waals surface area contributed by atoms with Gasteiger partial charge in [0, 0.05) is 55.8 Å². The molecule has 2 aliphatic rings. The number of phosphoric acid groups is 2.